The van der Waals surface area contributed by atoms with Gasteiger partial charge in [-0.15, -0.1) is 0 Å². The predicted molar refractivity (Wildman–Crippen MR) is 58.7 cm³/mol. The van der Waals surface area contributed by atoms with Crippen molar-refractivity contribution in [2.45, 2.75) is 57.8 Å². The standard InChI is InChI=1S/C12H23N/c1-2-4-6-8-10-12-13-11-9-7-5-3-1/h9,11,13H,1-8,10,12H2/b11-9-. The van der Waals surface area contributed by atoms with Gasteiger partial charge in [-0.05, 0) is 25.5 Å². The lowest BCUT2D eigenvalue weighted by Gasteiger charge is -2.00. The van der Waals surface area contributed by atoms with Gasteiger partial charge >= 0.3 is 0 Å². The van der Waals surface area contributed by atoms with Gasteiger partial charge in [-0.25, -0.2) is 0 Å². The van der Waals surface area contributed by atoms with Gasteiger partial charge in [-0.3, -0.25) is 0 Å². The Bertz CT molecular complexity index is 115. The van der Waals surface area contributed by atoms with E-state index in [1.807, 2.05) is 0 Å². The van der Waals surface area contributed by atoms with E-state index in [2.05, 4.69) is 17.6 Å². The topological polar surface area (TPSA) is 12.0 Å². The molecule has 1 rings (SSSR count). The van der Waals surface area contributed by atoms with Crippen molar-refractivity contribution in [3.63, 3.8) is 0 Å². The normalized spacial score (nSPS) is 24.6. The molecular weight excluding hydrogens is 158 g/mol. The molecule has 0 aliphatic carbocycles. The molecule has 13 heavy (non-hydrogen) atoms. The quantitative estimate of drug-likeness (QED) is 0.602. The third kappa shape index (κ3) is 6.68. The largest absolute Gasteiger partial charge is 0.391 e. The van der Waals surface area contributed by atoms with Crippen LogP contribution in [0.5, 0.6) is 0 Å². The molecule has 1 nitrogen and oxygen atoms in total. The smallest absolute Gasteiger partial charge is 0.0141 e. The maximum Gasteiger partial charge on any atom is 0.0141 e. The summed E-state index contributed by atoms with van der Waals surface area (Å²) in [5.41, 5.74) is 0. The van der Waals surface area contributed by atoms with Gasteiger partial charge < -0.3 is 5.32 Å². The number of allylic oxidation sites excluding steroid dienone is 1. The first kappa shape index (κ1) is 10.6. The maximum absolute atomic E-state index is 3.34. The Balaban J connectivity index is 2.09. The fourth-order valence-electron chi connectivity index (χ4n) is 1.80. The van der Waals surface area contributed by atoms with Crippen molar-refractivity contribution in [2.75, 3.05) is 6.54 Å². The molecule has 0 atom stereocenters. The molecule has 0 radical (unpaired) electrons. The fraction of sp³-hybridized carbons (Fsp3) is 0.833. The fourth-order valence-corrected chi connectivity index (χ4v) is 1.80. The SMILES string of the molecule is C1=C\NCCCCCCCCCC/1. The van der Waals surface area contributed by atoms with Crippen LogP contribution in [0.2, 0.25) is 0 Å². The van der Waals surface area contributed by atoms with Gasteiger partial charge in [-0.2, -0.15) is 0 Å². The van der Waals surface area contributed by atoms with Crippen LogP contribution in [0, 0.1) is 0 Å². The second-order valence-electron chi connectivity index (χ2n) is 3.97. The zero-order valence-electron chi connectivity index (χ0n) is 8.73. The highest BCUT2D eigenvalue weighted by atomic mass is 14.8. The Labute approximate surface area is 82.6 Å². The van der Waals surface area contributed by atoms with Gasteiger partial charge in [0.15, 0.2) is 0 Å². The molecule has 1 aliphatic heterocycles. The third-order valence-electron chi connectivity index (χ3n) is 2.68. The summed E-state index contributed by atoms with van der Waals surface area (Å²) in [6.07, 6.45) is 17.0. The van der Waals surface area contributed by atoms with Crippen molar-refractivity contribution in [2.24, 2.45) is 0 Å². The molecule has 1 heteroatoms. The van der Waals surface area contributed by atoms with E-state index in [1.54, 1.807) is 0 Å². The zero-order chi connectivity index (χ0) is 9.19. The van der Waals surface area contributed by atoms with E-state index >= 15 is 0 Å². The van der Waals surface area contributed by atoms with Crippen LogP contribution in [0.1, 0.15) is 57.8 Å². The van der Waals surface area contributed by atoms with Crippen molar-refractivity contribution in [1.29, 1.82) is 0 Å². The van der Waals surface area contributed by atoms with E-state index in [1.165, 1.54) is 57.8 Å². The highest BCUT2D eigenvalue weighted by Crippen LogP contribution is 2.10. The highest BCUT2D eigenvalue weighted by molar-refractivity contribution is 4.79. The van der Waals surface area contributed by atoms with Crippen molar-refractivity contribution < 1.29 is 0 Å². The number of nitrogens with one attached hydrogen (secondary N) is 1. The summed E-state index contributed by atoms with van der Waals surface area (Å²) in [5, 5.41) is 3.34. The van der Waals surface area contributed by atoms with E-state index in [-0.39, 0.29) is 0 Å². The molecule has 1 heterocycles. The highest BCUT2D eigenvalue weighted by Gasteiger charge is 1.92. The first-order valence-electron chi connectivity index (χ1n) is 5.88. The van der Waals surface area contributed by atoms with Crippen LogP contribution in [0.4, 0.5) is 0 Å². The first-order valence-corrected chi connectivity index (χ1v) is 5.88. The summed E-state index contributed by atoms with van der Waals surface area (Å²) in [6, 6.07) is 0. The van der Waals surface area contributed by atoms with Gasteiger partial charge in [0.2, 0.25) is 0 Å². The second kappa shape index (κ2) is 8.15. The molecule has 0 aromatic carbocycles. The van der Waals surface area contributed by atoms with E-state index in [4.69, 9.17) is 0 Å². The van der Waals surface area contributed by atoms with Crippen LogP contribution >= 0.6 is 0 Å². The molecule has 0 fully saturated rings. The third-order valence-corrected chi connectivity index (χ3v) is 2.68. The average Bonchev–Trinajstić information content (AvgIpc) is 2.18. The minimum Gasteiger partial charge on any atom is -0.391 e. The summed E-state index contributed by atoms with van der Waals surface area (Å²) >= 11 is 0. The lowest BCUT2D eigenvalue weighted by molar-refractivity contribution is 0.569. The molecule has 1 N–H and O–H groups in total. The molecule has 0 aromatic heterocycles. The second-order valence-corrected chi connectivity index (χ2v) is 3.97. The van der Waals surface area contributed by atoms with Gasteiger partial charge in [0.05, 0.1) is 0 Å². The van der Waals surface area contributed by atoms with Crippen LogP contribution in [0.25, 0.3) is 0 Å². The Hall–Kier alpha value is -0.460. The van der Waals surface area contributed by atoms with Crippen molar-refractivity contribution in [3.05, 3.63) is 12.3 Å². The molecule has 0 saturated carbocycles. The minimum absolute atomic E-state index is 1.16. The summed E-state index contributed by atoms with van der Waals surface area (Å²) < 4.78 is 0. The Morgan fingerprint density at radius 2 is 1.31 bits per heavy atom. The van der Waals surface area contributed by atoms with E-state index in [9.17, 15) is 0 Å². The Morgan fingerprint density at radius 1 is 0.692 bits per heavy atom. The average molecular weight is 181 g/mol. The van der Waals surface area contributed by atoms with Crippen molar-refractivity contribution >= 4 is 0 Å². The molecule has 0 spiro atoms. The van der Waals surface area contributed by atoms with Gasteiger partial charge in [0, 0.05) is 6.54 Å². The summed E-state index contributed by atoms with van der Waals surface area (Å²) in [7, 11) is 0. The van der Waals surface area contributed by atoms with Crippen molar-refractivity contribution in [3.8, 4) is 0 Å². The van der Waals surface area contributed by atoms with Crippen LogP contribution < -0.4 is 5.32 Å². The predicted octanol–water partition coefficient (Wildman–Crippen LogP) is 3.61. The maximum atomic E-state index is 3.34. The molecule has 0 aromatic rings. The molecule has 0 amide bonds. The van der Waals surface area contributed by atoms with Gasteiger partial charge in [-0.1, -0.05) is 44.6 Å². The van der Waals surface area contributed by atoms with E-state index < -0.39 is 0 Å². The van der Waals surface area contributed by atoms with E-state index in [0.29, 0.717) is 0 Å². The molecule has 76 valence electrons. The zero-order valence-corrected chi connectivity index (χ0v) is 8.73. The lowest BCUT2D eigenvalue weighted by Crippen LogP contribution is -2.06. The molecule has 0 bridgehead atoms. The summed E-state index contributed by atoms with van der Waals surface area (Å²) in [5.74, 6) is 0. The monoisotopic (exact) mass is 181 g/mol. The Morgan fingerprint density at radius 3 is 2.08 bits per heavy atom. The molecule has 1 aliphatic rings. The first-order chi connectivity index (χ1) is 6.50. The van der Waals surface area contributed by atoms with Crippen LogP contribution in [0.15, 0.2) is 12.3 Å². The number of hydrogen-bond acceptors (Lipinski definition) is 1. The van der Waals surface area contributed by atoms with Gasteiger partial charge in [0.1, 0.15) is 0 Å². The van der Waals surface area contributed by atoms with Crippen LogP contribution in [0.3, 0.4) is 0 Å². The molecule has 0 saturated heterocycles. The van der Waals surface area contributed by atoms with E-state index in [0.717, 1.165) is 6.54 Å². The summed E-state index contributed by atoms with van der Waals surface area (Å²) in [4.78, 5) is 0. The molecular formula is C12H23N. The Kier molecular flexibility index (Phi) is 6.66. The van der Waals surface area contributed by atoms with Crippen molar-refractivity contribution in [1.82, 2.24) is 5.32 Å². The number of rotatable bonds is 0. The van der Waals surface area contributed by atoms with Crippen LogP contribution in [-0.4, -0.2) is 6.54 Å². The molecule has 0 unspecified atom stereocenters. The number of hydrogen-bond donors (Lipinski definition) is 1. The minimum atomic E-state index is 1.16. The summed E-state index contributed by atoms with van der Waals surface area (Å²) in [6.45, 7) is 1.16. The van der Waals surface area contributed by atoms with Crippen LogP contribution in [-0.2, 0) is 0 Å². The lowest BCUT2D eigenvalue weighted by atomic mass is 10.1. The van der Waals surface area contributed by atoms with Gasteiger partial charge in [0.25, 0.3) is 0 Å².